The van der Waals surface area contributed by atoms with Gasteiger partial charge in [-0.05, 0) is 90.3 Å². The Bertz CT molecular complexity index is 1410. The fourth-order valence-corrected chi connectivity index (χ4v) is 4.75. The Hall–Kier alpha value is -4.11. The predicted molar refractivity (Wildman–Crippen MR) is 148 cm³/mol. The summed E-state index contributed by atoms with van der Waals surface area (Å²) in [5.74, 6) is -0.00629. The van der Waals surface area contributed by atoms with E-state index in [-0.39, 0.29) is 5.57 Å². The molecule has 0 radical (unpaired) electrons. The molecule has 0 aromatic heterocycles. The van der Waals surface area contributed by atoms with E-state index < -0.39 is 17.8 Å². The van der Waals surface area contributed by atoms with Gasteiger partial charge in [0.1, 0.15) is 17.9 Å². The molecule has 9 heteroatoms. The lowest BCUT2D eigenvalue weighted by atomic mass is 10.1. The summed E-state index contributed by atoms with van der Waals surface area (Å²) in [6.45, 7) is 6.63. The van der Waals surface area contributed by atoms with Crippen LogP contribution in [-0.4, -0.2) is 31.6 Å². The van der Waals surface area contributed by atoms with Crippen molar-refractivity contribution in [1.29, 1.82) is 0 Å². The van der Waals surface area contributed by atoms with Crippen LogP contribution in [-0.2, 0) is 16.2 Å². The first kappa shape index (κ1) is 26.9. The highest BCUT2D eigenvalue weighted by atomic mass is 79.9. The van der Waals surface area contributed by atoms with Crippen molar-refractivity contribution < 1.29 is 28.6 Å². The summed E-state index contributed by atoms with van der Waals surface area (Å²) in [6.07, 6.45) is 1.42. The average molecular weight is 579 g/mol. The number of aryl methyl sites for hydroxylation is 2. The Morgan fingerprint density at radius 1 is 0.947 bits per heavy atom. The summed E-state index contributed by atoms with van der Waals surface area (Å²) >= 11 is 3.54. The number of halogens is 1. The predicted octanol–water partition coefficient (Wildman–Crippen LogP) is 5.72. The van der Waals surface area contributed by atoms with Crippen molar-refractivity contribution >= 4 is 45.5 Å². The number of ether oxygens (including phenoxy) is 3. The molecule has 0 saturated carbocycles. The van der Waals surface area contributed by atoms with E-state index in [1.165, 1.54) is 13.2 Å². The van der Waals surface area contributed by atoms with Crippen LogP contribution >= 0.6 is 15.9 Å². The zero-order valence-electron chi connectivity index (χ0n) is 21.5. The lowest BCUT2D eigenvalue weighted by Gasteiger charge is -2.26. The molecule has 196 valence electrons. The molecular formula is C29H27BrN2O6. The number of hydrogen-bond acceptors (Lipinski definition) is 6. The number of imide groups is 2. The molecule has 1 saturated heterocycles. The van der Waals surface area contributed by atoms with Gasteiger partial charge in [-0.15, -0.1) is 0 Å². The SMILES string of the molecule is CCOc1cc(/C=C2\C(=O)NC(=O)N(c3ccc(OC)cc3)C2=O)cc(Br)c1OCc1cc(C)cc(C)c1. The lowest BCUT2D eigenvalue weighted by molar-refractivity contribution is -0.122. The summed E-state index contributed by atoms with van der Waals surface area (Å²) in [5.41, 5.74) is 3.94. The molecule has 4 amide bonds. The Morgan fingerprint density at radius 2 is 1.63 bits per heavy atom. The van der Waals surface area contributed by atoms with E-state index in [1.807, 2.05) is 20.8 Å². The minimum absolute atomic E-state index is 0.196. The molecule has 0 spiro atoms. The van der Waals surface area contributed by atoms with Crippen molar-refractivity contribution in [2.45, 2.75) is 27.4 Å². The van der Waals surface area contributed by atoms with E-state index in [9.17, 15) is 14.4 Å². The average Bonchev–Trinajstić information content (AvgIpc) is 2.86. The van der Waals surface area contributed by atoms with Crippen LogP contribution in [0.5, 0.6) is 17.2 Å². The standard InChI is InChI=1S/C29H27BrN2O6/c1-5-37-25-15-19(14-24(30)26(25)38-16-20-11-17(2)10-18(3)12-20)13-23-27(33)31-29(35)32(28(23)34)21-6-8-22(36-4)9-7-21/h6-15H,5,16H2,1-4H3,(H,31,33,35)/b23-13+. The molecule has 0 unspecified atom stereocenters. The summed E-state index contributed by atoms with van der Waals surface area (Å²) in [5, 5.41) is 2.23. The van der Waals surface area contributed by atoms with Crippen LogP contribution in [0.25, 0.3) is 6.08 Å². The van der Waals surface area contributed by atoms with Crippen LogP contribution in [0.3, 0.4) is 0 Å². The second kappa shape index (κ2) is 11.5. The summed E-state index contributed by atoms with van der Waals surface area (Å²) in [6, 6.07) is 15.2. The summed E-state index contributed by atoms with van der Waals surface area (Å²) in [4.78, 5) is 39.3. The van der Waals surface area contributed by atoms with Gasteiger partial charge in [0.05, 0.1) is 23.9 Å². The minimum atomic E-state index is -0.825. The fourth-order valence-electron chi connectivity index (χ4n) is 4.17. The van der Waals surface area contributed by atoms with Crippen LogP contribution in [0.2, 0.25) is 0 Å². The van der Waals surface area contributed by atoms with Crippen LogP contribution in [0.1, 0.15) is 29.2 Å². The number of rotatable bonds is 8. The zero-order chi connectivity index (χ0) is 27.4. The van der Waals surface area contributed by atoms with E-state index in [0.29, 0.717) is 46.2 Å². The van der Waals surface area contributed by atoms with Crippen molar-refractivity contribution in [3.63, 3.8) is 0 Å². The molecule has 38 heavy (non-hydrogen) atoms. The lowest BCUT2D eigenvalue weighted by Crippen LogP contribution is -2.54. The quantitative estimate of drug-likeness (QED) is 0.271. The molecule has 4 rings (SSSR count). The Labute approximate surface area is 229 Å². The topological polar surface area (TPSA) is 94.2 Å². The van der Waals surface area contributed by atoms with Crippen molar-refractivity contribution in [1.82, 2.24) is 5.32 Å². The highest BCUT2D eigenvalue weighted by Crippen LogP contribution is 2.38. The van der Waals surface area contributed by atoms with Gasteiger partial charge in [-0.25, -0.2) is 9.69 Å². The summed E-state index contributed by atoms with van der Waals surface area (Å²) in [7, 11) is 1.52. The third-order valence-electron chi connectivity index (χ3n) is 5.74. The number of carbonyl (C=O) groups is 3. The second-order valence-electron chi connectivity index (χ2n) is 8.70. The number of urea groups is 1. The van der Waals surface area contributed by atoms with Gasteiger partial charge >= 0.3 is 6.03 Å². The van der Waals surface area contributed by atoms with Gasteiger partial charge in [0.15, 0.2) is 11.5 Å². The Morgan fingerprint density at radius 3 is 2.26 bits per heavy atom. The first-order valence-corrected chi connectivity index (χ1v) is 12.7. The van der Waals surface area contributed by atoms with Crippen LogP contribution < -0.4 is 24.4 Å². The molecule has 1 N–H and O–H groups in total. The van der Waals surface area contributed by atoms with Crippen molar-refractivity contribution in [2.24, 2.45) is 0 Å². The highest BCUT2D eigenvalue weighted by molar-refractivity contribution is 9.10. The van der Waals surface area contributed by atoms with E-state index in [2.05, 4.69) is 39.4 Å². The van der Waals surface area contributed by atoms with Gasteiger partial charge in [-0.3, -0.25) is 14.9 Å². The Balaban J connectivity index is 1.65. The first-order chi connectivity index (χ1) is 18.2. The van der Waals surface area contributed by atoms with Gasteiger partial charge in [-0.2, -0.15) is 0 Å². The van der Waals surface area contributed by atoms with Crippen LogP contribution in [0.15, 0.2) is 64.6 Å². The maximum atomic E-state index is 13.3. The largest absolute Gasteiger partial charge is 0.497 e. The molecule has 1 fully saturated rings. The highest BCUT2D eigenvalue weighted by Gasteiger charge is 2.37. The maximum Gasteiger partial charge on any atom is 0.335 e. The second-order valence-corrected chi connectivity index (χ2v) is 9.56. The monoisotopic (exact) mass is 578 g/mol. The molecule has 1 aliphatic heterocycles. The first-order valence-electron chi connectivity index (χ1n) is 11.9. The van der Waals surface area contributed by atoms with Gasteiger partial charge in [-0.1, -0.05) is 29.3 Å². The van der Waals surface area contributed by atoms with Crippen molar-refractivity contribution in [2.75, 3.05) is 18.6 Å². The number of nitrogens with one attached hydrogen (secondary N) is 1. The van der Waals surface area contributed by atoms with Crippen LogP contribution in [0, 0.1) is 13.8 Å². The molecule has 1 aliphatic rings. The third-order valence-corrected chi connectivity index (χ3v) is 6.33. The minimum Gasteiger partial charge on any atom is -0.497 e. The van der Waals surface area contributed by atoms with E-state index >= 15 is 0 Å². The van der Waals surface area contributed by atoms with E-state index in [0.717, 1.165) is 21.6 Å². The van der Waals surface area contributed by atoms with Crippen LogP contribution in [0.4, 0.5) is 10.5 Å². The molecule has 8 nitrogen and oxygen atoms in total. The van der Waals surface area contributed by atoms with Crippen molar-refractivity contribution in [3.8, 4) is 17.2 Å². The third kappa shape index (κ3) is 5.89. The molecule has 3 aromatic carbocycles. The molecule has 3 aromatic rings. The molecular weight excluding hydrogens is 552 g/mol. The number of methoxy groups -OCH3 is 1. The molecule has 0 aliphatic carbocycles. The maximum absolute atomic E-state index is 13.3. The van der Waals surface area contributed by atoms with Gasteiger partial charge in [0, 0.05) is 0 Å². The summed E-state index contributed by atoms with van der Waals surface area (Å²) < 4.78 is 17.7. The van der Waals surface area contributed by atoms with E-state index in [4.69, 9.17) is 14.2 Å². The van der Waals surface area contributed by atoms with Gasteiger partial charge in [0.2, 0.25) is 0 Å². The number of carbonyl (C=O) groups excluding carboxylic acids is 3. The smallest absolute Gasteiger partial charge is 0.335 e. The number of benzene rings is 3. The zero-order valence-corrected chi connectivity index (χ0v) is 23.0. The number of nitrogens with zero attached hydrogens (tertiary/aromatic N) is 1. The number of amides is 4. The van der Waals surface area contributed by atoms with E-state index in [1.54, 1.807) is 36.4 Å². The molecule has 0 atom stereocenters. The number of hydrogen-bond donors (Lipinski definition) is 1. The van der Waals surface area contributed by atoms with Gasteiger partial charge in [0.25, 0.3) is 11.8 Å². The normalized spacial score (nSPS) is 14.5. The molecule has 1 heterocycles. The van der Waals surface area contributed by atoms with Crippen molar-refractivity contribution in [3.05, 3.63) is 86.9 Å². The Kier molecular flexibility index (Phi) is 8.16. The fraction of sp³-hybridized carbons (Fsp3) is 0.207. The number of barbiturate groups is 1. The van der Waals surface area contributed by atoms with Gasteiger partial charge < -0.3 is 14.2 Å². The molecule has 0 bridgehead atoms. The number of anilines is 1.